The first-order valence-electron chi connectivity index (χ1n) is 4.89. The fourth-order valence-electron chi connectivity index (χ4n) is 1.57. The summed E-state index contributed by atoms with van der Waals surface area (Å²) in [7, 11) is 0. The first kappa shape index (κ1) is 12.2. The minimum Gasteiger partial charge on any atom is -0.284 e. The van der Waals surface area contributed by atoms with Crippen LogP contribution in [0.1, 0.15) is 17.0 Å². The van der Waals surface area contributed by atoms with Crippen LogP contribution in [0.4, 0.5) is 8.78 Å². The molecule has 0 N–H and O–H groups in total. The summed E-state index contributed by atoms with van der Waals surface area (Å²) in [4.78, 5) is 3.59. The maximum atomic E-state index is 13.8. The SMILES string of the molecule is N#Cc1cc(F)c(-n2cnc(C#N)c2C#N)c(F)c1. The Hall–Kier alpha value is -3.24. The molecule has 1 aromatic heterocycles. The second kappa shape index (κ2) is 4.56. The van der Waals surface area contributed by atoms with Gasteiger partial charge in [0, 0.05) is 0 Å². The predicted molar refractivity (Wildman–Crippen MR) is 57.6 cm³/mol. The molecule has 2 rings (SSSR count). The summed E-state index contributed by atoms with van der Waals surface area (Å²) in [6.45, 7) is 0. The van der Waals surface area contributed by atoms with Crippen LogP contribution in [0.2, 0.25) is 0 Å². The summed E-state index contributed by atoms with van der Waals surface area (Å²) in [5, 5.41) is 26.2. The largest absolute Gasteiger partial charge is 0.284 e. The quantitative estimate of drug-likeness (QED) is 0.776. The van der Waals surface area contributed by atoms with Crippen molar-refractivity contribution in [3.63, 3.8) is 0 Å². The lowest BCUT2D eigenvalue weighted by Crippen LogP contribution is -2.04. The molecule has 0 atom stereocenters. The minimum atomic E-state index is -1.02. The van der Waals surface area contributed by atoms with E-state index in [1.54, 1.807) is 18.2 Å². The van der Waals surface area contributed by atoms with E-state index in [4.69, 9.17) is 15.8 Å². The molecule has 0 radical (unpaired) electrons. The molecule has 19 heavy (non-hydrogen) atoms. The molecule has 0 aliphatic rings. The molecule has 0 saturated carbocycles. The van der Waals surface area contributed by atoms with Crippen molar-refractivity contribution in [3.05, 3.63) is 47.0 Å². The summed E-state index contributed by atoms with van der Waals surface area (Å²) in [6.07, 6.45) is 0.977. The second-order valence-corrected chi connectivity index (χ2v) is 3.44. The summed E-state index contributed by atoms with van der Waals surface area (Å²) < 4.78 is 28.4. The van der Waals surface area contributed by atoms with Crippen LogP contribution in [-0.4, -0.2) is 9.55 Å². The van der Waals surface area contributed by atoms with Gasteiger partial charge in [0.05, 0.1) is 11.6 Å². The van der Waals surface area contributed by atoms with Gasteiger partial charge in [0.25, 0.3) is 0 Å². The summed E-state index contributed by atoms with van der Waals surface area (Å²) >= 11 is 0. The van der Waals surface area contributed by atoms with Gasteiger partial charge in [-0.05, 0) is 12.1 Å². The highest BCUT2D eigenvalue weighted by Gasteiger charge is 2.19. The molecule has 0 saturated heterocycles. The maximum Gasteiger partial charge on any atom is 0.177 e. The number of rotatable bonds is 1. The minimum absolute atomic E-state index is 0.183. The van der Waals surface area contributed by atoms with Gasteiger partial charge in [-0.25, -0.2) is 13.8 Å². The zero-order valence-corrected chi connectivity index (χ0v) is 9.22. The smallest absolute Gasteiger partial charge is 0.177 e. The Balaban J connectivity index is 2.75. The highest BCUT2D eigenvalue weighted by atomic mass is 19.1. The summed E-state index contributed by atoms with van der Waals surface area (Å²) in [5.41, 5.74) is -1.24. The van der Waals surface area contributed by atoms with E-state index in [0.717, 1.165) is 23.0 Å². The van der Waals surface area contributed by atoms with Gasteiger partial charge in [0.2, 0.25) is 0 Å². The van der Waals surface area contributed by atoms with Gasteiger partial charge in [-0.3, -0.25) is 4.57 Å². The number of benzene rings is 1. The molecule has 5 nitrogen and oxygen atoms in total. The lowest BCUT2D eigenvalue weighted by Gasteiger charge is -2.07. The number of nitriles is 3. The van der Waals surface area contributed by atoms with E-state index in [1.165, 1.54) is 0 Å². The van der Waals surface area contributed by atoms with Crippen molar-refractivity contribution in [3.8, 4) is 23.9 Å². The molecule has 0 bridgehead atoms. The standard InChI is InChI=1S/C12H3F2N5/c13-8-1-7(3-15)2-9(14)12(8)19-6-18-10(4-16)11(19)5-17/h1-2,6H. The van der Waals surface area contributed by atoms with Crippen LogP contribution in [-0.2, 0) is 0 Å². The normalized spacial score (nSPS) is 9.42. The molecule has 7 heteroatoms. The van der Waals surface area contributed by atoms with Gasteiger partial charge in [0.1, 0.15) is 24.2 Å². The molecule has 0 unspecified atom stereocenters. The van der Waals surface area contributed by atoms with Gasteiger partial charge in [-0.15, -0.1) is 0 Å². The number of halogens is 2. The van der Waals surface area contributed by atoms with Gasteiger partial charge >= 0.3 is 0 Å². The van der Waals surface area contributed by atoms with Crippen LogP contribution in [0, 0.1) is 45.6 Å². The Morgan fingerprint density at radius 1 is 1.00 bits per heavy atom. The fourth-order valence-corrected chi connectivity index (χ4v) is 1.57. The Bertz CT molecular complexity index is 763. The Morgan fingerprint density at radius 2 is 1.63 bits per heavy atom. The third kappa shape index (κ3) is 1.88. The Morgan fingerprint density at radius 3 is 2.11 bits per heavy atom. The van der Waals surface area contributed by atoms with Crippen LogP contribution in [0.5, 0.6) is 0 Å². The van der Waals surface area contributed by atoms with Gasteiger partial charge in [-0.1, -0.05) is 0 Å². The van der Waals surface area contributed by atoms with Crippen LogP contribution in [0.15, 0.2) is 18.5 Å². The molecule has 1 heterocycles. The van der Waals surface area contributed by atoms with Crippen molar-refractivity contribution < 1.29 is 8.78 Å². The molecule has 0 fully saturated rings. The van der Waals surface area contributed by atoms with Gasteiger partial charge in [0.15, 0.2) is 23.0 Å². The Kier molecular flexibility index (Phi) is 2.93. The van der Waals surface area contributed by atoms with Gasteiger partial charge in [-0.2, -0.15) is 15.8 Å². The van der Waals surface area contributed by atoms with Crippen molar-refractivity contribution in [2.45, 2.75) is 0 Å². The number of hydrogen-bond donors (Lipinski definition) is 0. The van der Waals surface area contributed by atoms with E-state index in [1.807, 2.05) is 0 Å². The summed E-state index contributed by atoms with van der Waals surface area (Å²) in [5.74, 6) is -2.04. The second-order valence-electron chi connectivity index (χ2n) is 3.44. The molecule has 0 amide bonds. The molecule has 90 valence electrons. The monoisotopic (exact) mass is 255 g/mol. The average molecular weight is 255 g/mol. The van der Waals surface area contributed by atoms with Crippen LogP contribution in [0.3, 0.4) is 0 Å². The van der Waals surface area contributed by atoms with Gasteiger partial charge < -0.3 is 0 Å². The van der Waals surface area contributed by atoms with E-state index in [2.05, 4.69) is 4.98 Å². The third-order valence-corrected chi connectivity index (χ3v) is 2.37. The first-order chi connectivity index (χ1) is 9.12. The molecule has 0 aliphatic carbocycles. The highest BCUT2D eigenvalue weighted by Crippen LogP contribution is 2.22. The van der Waals surface area contributed by atoms with Crippen LogP contribution in [0.25, 0.3) is 5.69 Å². The number of hydrogen-bond acceptors (Lipinski definition) is 4. The molecular weight excluding hydrogens is 252 g/mol. The lowest BCUT2D eigenvalue weighted by molar-refractivity contribution is 0.567. The van der Waals surface area contributed by atoms with Crippen molar-refractivity contribution in [1.82, 2.24) is 9.55 Å². The van der Waals surface area contributed by atoms with E-state index in [-0.39, 0.29) is 17.0 Å². The topological polar surface area (TPSA) is 89.2 Å². The lowest BCUT2D eigenvalue weighted by atomic mass is 10.2. The van der Waals surface area contributed by atoms with Crippen molar-refractivity contribution in [2.24, 2.45) is 0 Å². The molecular formula is C12H3F2N5. The molecule has 0 aliphatic heterocycles. The fraction of sp³-hybridized carbons (Fsp3) is 0. The molecule has 0 spiro atoms. The van der Waals surface area contributed by atoms with Crippen LogP contribution >= 0.6 is 0 Å². The zero-order chi connectivity index (χ0) is 14.0. The average Bonchev–Trinajstić information content (AvgIpc) is 2.80. The van der Waals surface area contributed by atoms with E-state index in [0.29, 0.717) is 0 Å². The number of nitrogens with zero attached hydrogens (tertiary/aromatic N) is 5. The number of aromatic nitrogens is 2. The van der Waals surface area contributed by atoms with Crippen molar-refractivity contribution in [1.29, 1.82) is 15.8 Å². The van der Waals surface area contributed by atoms with E-state index >= 15 is 0 Å². The third-order valence-electron chi connectivity index (χ3n) is 2.37. The molecule has 1 aromatic carbocycles. The zero-order valence-electron chi connectivity index (χ0n) is 9.22. The molecule has 2 aromatic rings. The van der Waals surface area contributed by atoms with E-state index < -0.39 is 17.3 Å². The van der Waals surface area contributed by atoms with E-state index in [9.17, 15) is 8.78 Å². The number of imidazole rings is 1. The van der Waals surface area contributed by atoms with Crippen molar-refractivity contribution in [2.75, 3.05) is 0 Å². The van der Waals surface area contributed by atoms with Crippen LogP contribution < -0.4 is 0 Å². The highest BCUT2D eigenvalue weighted by molar-refractivity contribution is 5.48. The predicted octanol–water partition coefficient (Wildman–Crippen LogP) is 1.77. The first-order valence-corrected chi connectivity index (χ1v) is 4.89. The van der Waals surface area contributed by atoms with Crippen molar-refractivity contribution >= 4 is 0 Å². The summed E-state index contributed by atoms with van der Waals surface area (Å²) in [6, 6.07) is 6.59. The maximum absolute atomic E-state index is 13.8. The Labute approximate surface area is 106 Å².